The fourth-order valence-electron chi connectivity index (χ4n) is 3.06. The van der Waals surface area contributed by atoms with Gasteiger partial charge in [-0.1, -0.05) is 38.1 Å². The topological polar surface area (TPSA) is 49.3 Å². The van der Waals surface area contributed by atoms with Crippen molar-refractivity contribution < 1.29 is 9.90 Å². The molecule has 110 valence electrons. The Hall–Kier alpha value is -1.35. The van der Waals surface area contributed by atoms with Crippen LogP contribution in [0.15, 0.2) is 24.3 Å². The Balaban J connectivity index is 1.92. The summed E-state index contributed by atoms with van der Waals surface area (Å²) in [6.07, 6.45) is 3.34. The normalized spacial score (nSPS) is 18.9. The lowest BCUT2D eigenvalue weighted by atomic mass is 9.96. The Bertz CT molecular complexity index is 456. The van der Waals surface area contributed by atoms with Crippen LogP contribution in [0.5, 0.6) is 0 Å². The molecule has 0 bridgehead atoms. The van der Waals surface area contributed by atoms with E-state index in [2.05, 4.69) is 43.4 Å². The molecule has 0 fully saturated rings. The van der Waals surface area contributed by atoms with E-state index in [1.807, 2.05) is 0 Å². The van der Waals surface area contributed by atoms with Crippen LogP contribution in [0.2, 0.25) is 0 Å². The largest absolute Gasteiger partial charge is 0.396 e. The highest BCUT2D eigenvalue weighted by molar-refractivity contribution is 5.77. The van der Waals surface area contributed by atoms with Crippen molar-refractivity contribution in [3.05, 3.63) is 35.4 Å². The maximum Gasteiger partial charge on any atom is 0.220 e. The summed E-state index contributed by atoms with van der Waals surface area (Å²) in [4.78, 5) is 12.2. The Kier molecular flexibility index (Phi) is 5.18. The molecule has 0 saturated heterocycles. The van der Waals surface area contributed by atoms with E-state index < -0.39 is 0 Å². The van der Waals surface area contributed by atoms with Gasteiger partial charge in [0.25, 0.3) is 0 Å². The molecule has 2 unspecified atom stereocenters. The van der Waals surface area contributed by atoms with Gasteiger partial charge in [-0.2, -0.15) is 0 Å². The first kappa shape index (κ1) is 15.0. The van der Waals surface area contributed by atoms with E-state index in [1.165, 1.54) is 11.1 Å². The van der Waals surface area contributed by atoms with E-state index in [0.717, 1.165) is 12.8 Å². The van der Waals surface area contributed by atoms with Gasteiger partial charge in [-0.15, -0.1) is 0 Å². The second-order valence-corrected chi connectivity index (χ2v) is 6.07. The minimum absolute atomic E-state index is 0.0733. The highest BCUT2D eigenvalue weighted by Crippen LogP contribution is 2.35. The number of carbonyl (C=O) groups is 1. The number of fused-ring (bicyclic) bond motifs is 1. The summed E-state index contributed by atoms with van der Waals surface area (Å²) < 4.78 is 0. The van der Waals surface area contributed by atoms with E-state index in [-0.39, 0.29) is 18.6 Å². The predicted molar refractivity (Wildman–Crippen MR) is 80.6 cm³/mol. The molecule has 0 heterocycles. The van der Waals surface area contributed by atoms with Gasteiger partial charge in [-0.25, -0.2) is 0 Å². The molecule has 2 atom stereocenters. The first-order valence-corrected chi connectivity index (χ1v) is 7.59. The quantitative estimate of drug-likeness (QED) is 0.838. The Labute approximate surface area is 121 Å². The molecule has 0 spiro atoms. The smallest absolute Gasteiger partial charge is 0.220 e. The zero-order valence-electron chi connectivity index (χ0n) is 12.4. The lowest BCUT2D eigenvalue weighted by Crippen LogP contribution is -2.39. The summed E-state index contributed by atoms with van der Waals surface area (Å²) in [6.45, 7) is 4.27. The maximum atomic E-state index is 12.2. The summed E-state index contributed by atoms with van der Waals surface area (Å²) in [6, 6.07) is 8.50. The van der Waals surface area contributed by atoms with Crippen LogP contribution in [-0.4, -0.2) is 23.7 Å². The third-order valence-electron chi connectivity index (χ3n) is 4.28. The number of hydrogen-bond acceptors (Lipinski definition) is 2. The van der Waals surface area contributed by atoms with E-state index in [0.29, 0.717) is 24.7 Å². The number of aliphatic hydroxyl groups is 1. The van der Waals surface area contributed by atoms with Gasteiger partial charge in [0.05, 0.1) is 0 Å². The van der Waals surface area contributed by atoms with Crippen molar-refractivity contribution in [2.45, 2.75) is 51.5 Å². The number of amides is 1. The van der Waals surface area contributed by atoms with Gasteiger partial charge in [0, 0.05) is 19.1 Å². The molecular weight excluding hydrogens is 250 g/mol. The molecule has 2 rings (SSSR count). The highest BCUT2D eigenvalue weighted by atomic mass is 16.3. The van der Waals surface area contributed by atoms with Crippen LogP contribution in [0, 0.1) is 5.92 Å². The third-order valence-corrected chi connectivity index (χ3v) is 4.28. The molecule has 0 radical (unpaired) electrons. The summed E-state index contributed by atoms with van der Waals surface area (Å²) in [5, 5.41) is 12.1. The van der Waals surface area contributed by atoms with Crippen LogP contribution in [0.25, 0.3) is 0 Å². The molecule has 1 aromatic rings. The number of aryl methyl sites for hydroxylation is 1. The van der Waals surface area contributed by atoms with Gasteiger partial charge in [-0.3, -0.25) is 4.79 Å². The van der Waals surface area contributed by atoms with Gasteiger partial charge in [0.2, 0.25) is 5.91 Å². The van der Waals surface area contributed by atoms with Crippen molar-refractivity contribution in [2.75, 3.05) is 6.61 Å². The van der Waals surface area contributed by atoms with Crippen LogP contribution in [0.4, 0.5) is 0 Å². The van der Waals surface area contributed by atoms with Crippen LogP contribution < -0.4 is 5.32 Å². The number of rotatable bonds is 6. The van der Waals surface area contributed by atoms with Gasteiger partial charge in [0.15, 0.2) is 0 Å². The van der Waals surface area contributed by atoms with E-state index in [4.69, 9.17) is 5.11 Å². The van der Waals surface area contributed by atoms with Crippen molar-refractivity contribution in [2.24, 2.45) is 5.92 Å². The number of carbonyl (C=O) groups excluding carboxylic acids is 1. The third kappa shape index (κ3) is 3.60. The highest BCUT2D eigenvalue weighted by Gasteiger charge is 2.25. The lowest BCUT2D eigenvalue weighted by Gasteiger charge is -2.22. The first-order chi connectivity index (χ1) is 9.61. The molecule has 20 heavy (non-hydrogen) atoms. The number of benzene rings is 1. The van der Waals surface area contributed by atoms with E-state index in [1.54, 1.807) is 0 Å². The average Bonchev–Trinajstić information content (AvgIpc) is 2.81. The fraction of sp³-hybridized carbons (Fsp3) is 0.588. The molecule has 3 nitrogen and oxygen atoms in total. The minimum atomic E-state index is 0.0733. The van der Waals surface area contributed by atoms with E-state index in [9.17, 15) is 4.79 Å². The number of aliphatic hydroxyl groups excluding tert-OH is 1. The minimum Gasteiger partial charge on any atom is -0.396 e. The van der Waals surface area contributed by atoms with Crippen molar-refractivity contribution in [3.8, 4) is 0 Å². The average molecular weight is 275 g/mol. The Morgan fingerprint density at radius 1 is 1.40 bits per heavy atom. The van der Waals surface area contributed by atoms with Crippen molar-refractivity contribution in [1.29, 1.82) is 0 Å². The molecule has 1 aromatic carbocycles. The van der Waals surface area contributed by atoms with Crippen molar-refractivity contribution in [3.63, 3.8) is 0 Å². The standard InChI is InChI=1S/C17H25NO2/c1-12(2)16(9-10-19)18-17(20)11-14-8-7-13-5-3-4-6-15(13)14/h3-6,12,14,16,19H,7-11H2,1-2H3,(H,18,20). The molecule has 1 amide bonds. The van der Waals surface area contributed by atoms with E-state index >= 15 is 0 Å². The summed E-state index contributed by atoms with van der Waals surface area (Å²) in [5.41, 5.74) is 2.73. The predicted octanol–water partition coefficient (Wildman–Crippen LogP) is 2.63. The van der Waals surface area contributed by atoms with Gasteiger partial charge in [-0.05, 0) is 42.2 Å². The van der Waals surface area contributed by atoms with Crippen LogP contribution in [0.1, 0.15) is 50.2 Å². The molecule has 0 saturated carbocycles. The summed E-state index contributed by atoms with van der Waals surface area (Å²) >= 11 is 0. The number of hydrogen-bond donors (Lipinski definition) is 2. The molecule has 3 heteroatoms. The van der Waals surface area contributed by atoms with Crippen LogP contribution >= 0.6 is 0 Å². The molecule has 0 aromatic heterocycles. The van der Waals surface area contributed by atoms with Crippen molar-refractivity contribution >= 4 is 5.91 Å². The maximum absolute atomic E-state index is 12.2. The summed E-state index contributed by atoms with van der Waals surface area (Å²) in [5.74, 6) is 0.814. The summed E-state index contributed by atoms with van der Waals surface area (Å²) in [7, 11) is 0. The van der Waals surface area contributed by atoms with Gasteiger partial charge in [0.1, 0.15) is 0 Å². The van der Waals surface area contributed by atoms with Gasteiger partial charge < -0.3 is 10.4 Å². The molecular formula is C17H25NO2. The van der Waals surface area contributed by atoms with Gasteiger partial charge >= 0.3 is 0 Å². The van der Waals surface area contributed by atoms with Crippen molar-refractivity contribution in [1.82, 2.24) is 5.32 Å². The van der Waals surface area contributed by atoms with Crippen LogP contribution in [-0.2, 0) is 11.2 Å². The lowest BCUT2D eigenvalue weighted by molar-refractivity contribution is -0.122. The zero-order chi connectivity index (χ0) is 14.5. The fourth-order valence-corrected chi connectivity index (χ4v) is 3.06. The molecule has 1 aliphatic carbocycles. The second kappa shape index (κ2) is 6.89. The first-order valence-electron chi connectivity index (χ1n) is 7.59. The molecule has 0 aliphatic heterocycles. The monoisotopic (exact) mass is 275 g/mol. The van der Waals surface area contributed by atoms with Crippen LogP contribution in [0.3, 0.4) is 0 Å². The zero-order valence-corrected chi connectivity index (χ0v) is 12.4. The Morgan fingerprint density at radius 2 is 2.15 bits per heavy atom. The molecule has 2 N–H and O–H groups in total. The Morgan fingerprint density at radius 3 is 2.85 bits per heavy atom. The second-order valence-electron chi connectivity index (χ2n) is 6.07. The number of nitrogens with one attached hydrogen (secondary N) is 1. The SMILES string of the molecule is CC(C)C(CCO)NC(=O)CC1CCc2ccccc21. The molecule has 1 aliphatic rings.